The maximum Gasteiger partial charge on any atom is 0.325 e. The van der Waals surface area contributed by atoms with Crippen LogP contribution in [0.1, 0.15) is 60.3 Å². The summed E-state index contributed by atoms with van der Waals surface area (Å²) < 4.78 is 4.98. The zero-order valence-electron chi connectivity index (χ0n) is 13.6. The fourth-order valence-corrected chi connectivity index (χ4v) is 3.01. The Morgan fingerprint density at radius 3 is 2.45 bits per heavy atom. The van der Waals surface area contributed by atoms with Crippen LogP contribution >= 0.6 is 0 Å². The minimum Gasteiger partial charge on any atom is -0.465 e. The molecule has 0 aromatic heterocycles. The smallest absolute Gasteiger partial charge is 0.325 e. The second kappa shape index (κ2) is 7.09. The summed E-state index contributed by atoms with van der Waals surface area (Å²) >= 11 is 0. The molecule has 4 nitrogen and oxygen atoms in total. The van der Waals surface area contributed by atoms with E-state index in [-0.39, 0.29) is 35.8 Å². The topological polar surface area (TPSA) is 46.6 Å². The molecular weight excluding hydrogens is 254 g/mol. The van der Waals surface area contributed by atoms with Crippen LogP contribution in [0.25, 0.3) is 0 Å². The highest BCUT2D eigenvalue weighted by Gasteiger charge is 2.40. The van der Waals surface area contributed by atoms with Crippen molar-refractivity contribution in [2.24, 2.45) is 11.3 Å². The monoisotopic (exact) mass is 283 g/mol. The molecule has 4 heteroatoms. The van der Waals surface area contributed by atoms with Crippen molar-refractivity contribution in [2.45, 2.75) is 66.3 Å². The van der Waals surface area contributed by atoms with Crippen molar-refractivity contribution in [1.29, 1.82) is 0 Å². The van der Waals surface area contributed by atoms with Crippen LogP contribution in [-0.4, -0.2) is 36.0 Å². The number of carbonyl (C=O) groups excluding carboxylic acids is 2. The highest BCUT2D eigenvalue weighted by Crippen LogP contribution is 2.41. The predicted octanol–water partition coefficient (Wildman–Crippen LogP) is 3.00. The Kier molecular flexibility index (Phi) is 6.03. The molecule has 0 heterocycles. The third-order valence-electron chi connectivity index (χ3n) is 4.32. The molecule has 0 aromatic rings. The van der Waals surface area contributed by atoms with Crippen molar-refractivity contribution in [3.63, 3.8) is 0 Å². The van der Waals surface area contributed by atoms with E-state index in [2.05, 4.69) is 13.8 Å². The lowest BCUT2D eigenvalue weighted by Crippen LogP contribution is -2.48. The number of ether oxygens (including phenoxy) is 1. The van der Waals surface area contributed by atoms with Crippen LogP contribution < -0.4 is 0 Å². The van der Waals surface area contributed by atoms with Gasteiger partial charge in [-0.1, -0.05) is 26.7 Å². The molecule has 0 N–H and O–H groups in total. The van der Waals surface area contributed by atoms with Crippen LogP contribution in [0.5, 0.6) is 0 Å². The molecule has 1 atom stereocenters. The van der Waals surface area contributed by atoms with Crippen molar-refractivity contribution in [2.75, 3.05) is 13.2 Å². The Balaban J connectivity index is 2.80. The molecule has 0 saturated heterocycles. The van der Waals surface area contributed by atoms with E-state index in [1.807, 2.05) is 13.8 Å². The number of hydrogen-bond acceptors (Lipinski definition) is 3. The number of rotatable bonds is 5. The molecule has 0 bridgehead atoms. The Bertz CT molecular complexity index is 350. The SMILES string of the molecule is CCOC(=O)CN(C(=O)C1CCCCC1(C)C)C(C)C. The summed E-state index contributed by atoms with van der Waals surface area (Å²) in [5.41, 5.74) is 0.0249. The molecule has 1 aliphatic carbocycles. The van der Waals surface area contributed by atoms with Gasteiger partial charge in [0.2, 0.25) is 5.91 Å². The van der Waals surface area contributed by atoms with Gasteiger partial charge in [-0.2, -0.15) is 0 Å². The average Bonchev–Trinajstić information content (AvgIpc) is 2.34. The fourth-order valence-electron chi connectivity index (χ4n) is 3.01. The molecule has 1 amide bonds. The van der Waals surface area contributed by atoms with Gasteiger partial charge in [-0.25, -0.2) is 0 Å². The molecule has 1 unspecified atom stereocenters. The minimum atomic E-state index is -0.317. The molecule has 1 saturated carbocycles. The first-order valence-electron chi connectivity index (χ1n) is 7.75. The molecule has 0 radical (unpaired) electrons. The van der Waals surface area contributed by atoms with Crippen molar-refractivity contribution in [1.82, 2.24) is 4.90 Å². The molecule has 0 spiro atoms. The van der Waals surface area contributed by atoms with Gasteiger partial charge in [-0.3, -0.25) is 9.59 Å². The highest BCUT2D eigenvalue weighted by molar-refractivity contribution is 5.84. The minimum absolute atomic E-state index is 0.0182. The summed E-state index contributed by atoms with van der Waals surface area (Å²) in [4.78, 5) is 26.2. The van der Waals surface area contributed by atoms with Crippen LogP contribution in [0, 0.1) is 11.3 Å². The highest BCUT2D eigenvalue weighted by atomic mass is 16.5. The molecular formula is C16H29NO3. The van der Waals surface area contributed by atoms with E-state index in [1.54, 1.807) is 11.8 Å². The second-order valence-corrected chi connectivity index (χ2v) is 6.65. The Morgan fingerprint density at radius 2 is 1.95 bits per heavy atom. The average molecular weight is 283 g/mol. The molecule has 20 heavy (non-hydrogen) atoms. The van der Waals surface area contributed by atoms with Crippen LogP contribution in [0.3, 0.4) is 0 Å². The van der Waals surface area contributed by atoms with E-state index in [0.717, 1.165) is 19.3 Å². The maximum absolute atomic E-state index is 12.8. The van der Waals surface area contributed by atoms with Gasteiger partial charge in [0.1, 0.15) is 6.54 Å². The van der Waals surface area contributed by atoms with Crippen molar-refractivity contribution >= 4 is 11.9 Å². The van der Waals surface area contributed by atoms with Crippen LogP contribution in [0.15, 0.2) is 0 Å². The van der Waals surface area contributed by atoms with Gasteiger partial charge >= 0.3 is 5.97 Å². The fraction of sp³-hybridized carbons (Fsp3) is 0.875. The van der Waals surface area contributed by atoms with Gasteiger partial charge in [-0.15, -0.1) is 0 Å². The van der Waals surface area contributed by atoms with Crippen molar-refractivity contribution in [3.05, 3.63) is 0 Å². The molecule has 1 fully saturated rings. The number of nitrogens with zero attached hydrogens (tertiary/aromatic N) is 1. The van der Waals surface area contributed by atoms with Gasteiger partial charge in [0.15, 0.2) is 0 Å². The van der Waals surface area contributed by atoms with E-state index < -0.39 is 0 Å². The Labute approximate surface area is 122 Å². The molecule has 0 aromatic carbocycles. The summed E-state index contributed by atoms with van der Waals surface area (Å²) in [5.74, 6) is -0.186. The van der Waals surface area contributed by atoms with E-state index in [4.69, 9.17) is 4.74 Å². The van der Waals surface area contributed by atoms with Crippen molar-refractivity contribution in [3.8, 4) is 0 Å². The van der Waals surface area contributed by atoms with Crippen molar-refractivity contribution < 1.29 is 14.3 Å². The zero-order chi connectivity index (χ0) is 15.3. The number of carbonyl (C=O) groups is 2. The lowest BCUT2D eigenvalue weighted by Gasteiger charge is -2.41. The third kappa shape index (κ3) is 4.22. The molecule has 0 aliphatic heterocycles. The Hall–Kier alpha value is -1.06. The quantitative estimate of drug-likeness (QED) is 0.729. The summed E-state index contributed by atoms with van der Waals surface area (Å²) in [7, 11) is 0. The van der Waals surface area contributed by atoms with Gasteiger partial charge < -0.3 is 9.64 Å². The standard InChI is InChI=1S/C16H29NO3/c1-6-20-14(18)11-17(12(2)3)15(19)13-9-7-8-10-16(13,4)5/h12-13H,6-11H2,1-5H3. The molecule has 1 aliphatic rings. The lowest BCUT2D eigenvalue weighted by molar-refractivity contribution is -0.154. The van der Waals surface area contributed by atoms with Crippen LogP contribution in [0.2, 0.25) is 0 Å². The molecule has 1 rings (SSSR count). The summed E-state index contributed by atoms with van der Waals surface area (Å²) in [6.07, 6.45) is 4.30. The van der Waals surface area contributed by atoms with Crippen LogP contribution in [-0.2, 0) is 14.3 Å². The maximum atomic E-state index is 12.8. The normalized spacial score (nSPS) is 21.6. The van der Waals surface area contributed by atoms with Gasteiger partial charge in [0.25, 0.3) is 0 Å². The first-order valence-corrected chi connectivity index (χ1v) is 7.75. The number of amides is 1. The Morgan fingerprint density at radius 1 is 1.30 bits per heavy atom. The lowest BCUT2D eigenvalue weighted by atomic mass is 9.68. The molecule has 116 valence electrons. The summed E-state index contributed by atoms with van der Waals surface area (Å²) in [6.45, 7) is 10.4. The van der Waals surface area contributed by atoms with Crippen LogP contribution in [0.4, 0.5) is 0 Å². The van der Waals surface area contributed by atoms with Gasteiger partial charge in [0.05, 0.1) is 6.61 Å². The van der Waals surface area contributed by atoms with E-state index in [9.17, 15) is 9.59 Å². The zero-order valence-corrected chi connectivity index (χ0v) is 13.6. The first-order chi connectivity index (χ1) is 9.29. The van der Waals surface area contributed by atoms with E-state index in [1.165, 1.54) is 6.42 Å². The largest absolute Gasteiger partial charge is 0.465 e. The van der Waals surface area contributed by atoms with Gasteiger partial charge in [-0.05, 0) is 39.0 Å². The van der Waals surface area contributed by atoms with E-state index in [0.29, 0.717) is 6.61 Å². The first kappa shape index (κ1) is 17.0. The second-order valence-electron chi connectivity index (χ2n) is 6.65. The third-order valence-corrected chi connectivity index (χ3v) is 4.32. The summed E-state index contributed by atoms with van der Waals surface area (Å²) in [6, 6.07) is 0.0182. The van der Waals surface area contributed by atoms with E-state index >= 15 is 0 Å². The number of esters is 1. The number of hydrogen-bond donors (Lipinski definition) is 0. The predicted molar refractivity (Wildman–Crippen MR) is 79.2 cm³/mol. The summed E-state index contributed by atoms with van der Waals surface area (Å²) in [5, 5.41) is 0. The van der Waals surface area contributed by atoms with Gasteiger partial charge in [0, 0.05) is 12.0 Å².